The summed E-state index contributed by atoms with van der Waals surface area (Å²) in [5.41, 5.74) is 2.40. The van der Waals surface area contributed by atoms with Crippen LogP contribution in [0.15, 0.2) is 12.1 Å². The number of rotatable bonds is 3. The van der Waals surface area contributed by atoms with Crippen molar-refractivity contribution < 1.29 is 14.3 Å². The fourth-order valence-corrected chi connectivity index (χ4v) is 3.19. The number of benzene rings is 1. The van der Waals surface area contributed by atoms with Crippen molar-refractivity contribution in [1.82, 2.24) is 10.2 Å². The van der Waals surface area contributed by atoms with Crippen LogP contribution in [0.25, 0.3) is 0 Å². The molecule has 0 bridgehead atoms. The van der Waals surface area contributed by atoms with Gasteiger partial charge in [0.25, 0.3) is 0 Å². The largest absolute Gasteiger partial charge is 0.493 e. The van der Waals surface area contributed by atoms with Crippen molar-refractivity contribution in [2.75, 3.05) is 27.3 Å². The molecule has 1 aromatic carbocycles. The second-order valence-electron chi connectivity index (χ2n) is 5.63. The third kappa shape index (κ3) is 3.15. The van der Waals surface area contributed by atoms with Crippen LogP contribution in [-0.2, 0) is 17.8 Å². The SMILES string of the molecule is COc1cc2c(cc1OC)CN(C(=O)[C@@H]1CCCN1)CC2.Cl. The fraction of sp³-hybridized carbons (Fsp3) is 0.562. The zero-order valence-electron chi connectivity index (χ0n) is 13.1. The number of hydrogen-bond donors (Lipinski definition) is 1. The van der Waals surface area contributed by atoms with E-state index in [9.17, 15) is 4.79 Å². The first-order chi connectivity index (χ1) is 10.2. The van der Waals surface area contributed by atoms with Crippen molar-refractivity contribution in [3.63, 3.8) is 0 Å². The first kappa shape index (κ1) is 16.9. The minimum Gasteiger partial charge on any atom is -0.493 e. The standard InChI is InChI=1S/C16H22N2O3.ClH/c1-20-14-8-11-5-7-18(10-12(11)9-15(14)21-2)16(19)13-4-3-6-17-13;/h8-9,13,17H,3-7,10H2,1-2H3;1H/t13-;/m0./s1. The number of carbonyl (C=O) groups excluding carboxylic acids is 1. The lowest BCUT2D eigenvalue weighted by Gasteiger charge is -2.31. The predicted octanol–water partition coefficient (Wildman–Crippen LogP) is 1.76. The number of nitrogens with zero attached hydrogens (tertiary/aromatic N) is 1. The van der Waals surface area contributed by atoms with Crippen molar-refractivity contribution in [3.8, 4) is 11.5 Å². The van der Waals surface area contributed by atoms with Crippen molar-refractivity contribution in [1.29, 1.82) is 0 Å². The average molecular weight is 327 g/mol. The summed E-state index contributed by atoms with van der Waals surface area (Å²) < 4.78 is 10.7. The Bertz CT molecular complexity index is 544. The molecular formula is C16H23ClN2O3. The number of nitrogens with one attached hydrogen (secondary N) is 1. The normalized spacial score (nSPS) is 20.1. The van der Waals surface area contributed by atoms with Gasteiger partial charge in [0, 0.05) is 13.1 Å². The maximum absolute atomic E-state index is 12.5. The fourth-order valence-electron chi connectivity index (χ4n) is 3.19. The van der Waals surface area contributed by atoms with Gasteiger partial charge in [-0.2, -0.15) is 0 Å². The molecule has 122 valence electrons. The molecule has 0 unspecified atom stereocenters. The third-order valence-corrected chi connectivity index (χ3v) is 4.39. The highest BCUT2D eigenvalue weighted by molar-refractivity contribution is 5.85. The second kappa shape index (κ2) is 7.20. The molecule has 1 amide bonds. The van der Waals surface area contributed by atoms with Gasteiger partial charge in [-0.15, -0.1) is 12.4 Å². The second-order valence-corrected chi connectivity index (χ2v) is 5.63. The summed E-state index contributed by atoms with van der Waals surface area (Å²) in [5.74, 6) is 1.71. The topological polar surface area (TPSA) is 50.8 Å². The molecule has 1 aromatic rings. The van der Waals surface area contributed by atoms with Gasteiger partial charge in [-0.25, -0.2) is 0 Å². The Morgan fingerprint density at radius 1 is 1.23 bits per heavy atom. The molecule has 1 saturated heterocycles. The van der Waals surface area contributed by atoms with Gasteiger partial charge in [0.1, 0.15) is 0 Å². The van der Waals surface area contributed by atoms with E-state index >= 15 is 0 Å². The maximum atomic E-state index is 12.5. The van der Waals surface area contributed by atoms with Crippen LogP contribution in [0, 0.1) is 0 Å². The minimum atomic E-state index is 0. The van der Waals surface area contributed by atoms with Crippen LogP contribution < -0.4 is 14.8 Å². The van der Waals surface area contributed by atoms with Crippen LogP contribution in [0.1, 0.15) is 24.0 Å². The summed E-state index contributed by atoms with van der Waals surface area (Å²) in [7, 11) is 3.28. The highest BCUT2D eigenvalue weighted by Gasteiger charge is 2.29. The molecule has 0 aliphatic carbocycles. The first-order valence-corrected chi connectivity index (χ1v) is 7.49. The molecule has 0 aromatic heterocycles. The molecule has 0 spiro atoms. The van der Waals surface area contributed by atoms with Crippen molar-refractivity contribution in [2.24, 2.45) is 0 Å². The summed E-state index contributed by atoms with van der Waals surface area (Å²) in [6.07, 6.45) is 2.91. The highest BCUT2D eigenvalue weighted by Crippen LogP contribution is 2.33. The Labute approximate surface area is 137 Å². The summed E-state index contributed by atoms with van der Waals surface area (Å²) in [5, 5.41) is 3.28. The van der Waals surface area contributed by atoms with Crippen LogP contribution >= 0.6 is 12.4 Å². The van der Waals surface area contributed by atoms with Gasteiger partial charge < -0.3 is 19.7 Å². The van der Waals surface area contributed by atoms with E-state index in [4.69, 9.17) is 9.47 Å². The third-order valence-electron chi connectivity index (χ3n) is 4.39. The molecule has 6 heteroatoms. The van der Waals surface area contributed by atoms with Crippen molar-refractivity contribution in [2.45, 2.75) is 31.8 Å². The lowest BCUT2D eigenvalue weighted by atomic mass is 9.98. The zero-order chi connectivity index (χ0) is 14.8. The first-order valence-electron chi connectivity index (χ1n) is 7.49. The highest BCUT2D eigenvalue weighted by atomic mass is 35.5. The van der Waals surface area contributed by atoms with E-state index < -0.39 is 0 Å². The van der Waals surface area contributed by atoms with E-state index in [1.165, 1.54) is 5.56 Å². The molecule has 2 aliphatic rings. The Hall–Kier alpha value is -1.46. The van der Waals surface area contributed by atoms with Gasteiger partial charge in [-0.3, -0.25) is 4.79 Å². The van der Waals surface area contributed by atoms with Crippen LogP contribution in [0.5, 0.6) is 11.5 Å². The number of methoxy groups -OCH3 is 2. The Morgan fingerprint density at radius 2 is 1.91 bits per heavy atom. The van der Waals surface area contributed by atoms with E-state index in [-0.39, 0.29) is 24.4 Å². The van der Waals surface area contributed by atoms with Crippen LogP contribution in [0.2, 0.25) is 0 Å². The minimum absolute atomic E-state index is 0. The molecule has 1 fully saturated rings. The quantitative estimate of drug-likeness (QED) is 0.919. The smallest absolute Gasteiger partial charge is 0.240 e. The van der Waals surface area contributed by atoms with E-state index in [1.54, 1.807) is 14.2 Å². The van der Waals surface area contributed by atoms with Gasteiger partial charge in [-0.1, -0.05) is 0 Å². The van der Waals surface area contributed by atoms with Gasteiger partial charge in [-0.05, 0) is 49.1 Å². The number of fused-ring (bicyclic) bond motifs is 1. The van der Waals surface area contributed by atoms with E-state index in [0.29, 0.717) is 6.54 Å². The van der Waals surface area contributed by atoms with Crippen LogP contribution in [-0.4, -0.2) is 44.2 Å². The predicted molar refractivity (Wildman–Crippen MR) is 86.9 cm³/mol. The molecule has 1 N–H and O–H groups in total. The molecule has 22 heavy (non-hydrogen) atoms. The van der Waals surface area contributed by atoms with Crippen molar-refractivity contribution in [3.05, 3.63) is 23.3 Å². The summed E-state index contributed by atoms with van der Waals surface area (Å²) in [6, 6.07) is 4.03. The molecule has 2 aliphatic heterocycles. The Morgan fingerprint density at radius 3 is 2.50 bits per heavy atom. The van der Waals surface area contributed by atoms with E-state index in [2.05, 4.69) is 5.32 Å². The molecule has 0 radical (unpaired) electrons. The van der Waals surface area contributed by atoms with E-state index in [1.807, 2.05) is 17.0 Å². The van der Waals surface area contributed by atoms with Crippen LogP contribution in [0.4, 0.5) is 0 Å². The lowest BCUT2D eigenvalue weighted by Crippen LogP contribution is -2.45. The van der Waals surface area contributed by atoms with Crippen LogP contribution in [0.3, 0.4) is 0 Å². The summed E-state index contributed by atoms with van der Waals surface area (Å²) in [6.45, 7) is 2.39. The maximum Gasteiger partial charge on any atom is 0.240 e. The van der Waals surface area contributed by atoms with Crippen molar-refractivity contribution >= 4 is 18.3 Å². The number of amides is 1. The molecule has 0 saturated carbocycles. The molecule has 1 atom stereocenters. The van der Waals surface area contributed by atoms with E-state index in [0.717, 1.165) is 49.4 Å². The molecule has 3 rings (SSSR count). The van der Waals surface area contributed by atoms with Gasteiger partial charge in [0.15, 0.2) is 11.5 Å². The molecule has 2 heterocycles. The lowest BCUT2D eigenvalue weighted by molar-refractivity contribution is -0.134. The van der Waals surface area contributed by atoms with Gasteiger partial charge in [0.2, 0.25) is 5.91 Å². The molecular weight excluding hydrogens is 304 g/mol. The van der Waals surface area contributed by atoms with Gasteiger partial charge in [0.05, 0.1) is 20.3 Å². The van der Waals surface area contributed by atoms with Gasteiger partial charge >= 0.3 is 0 Å². The number of carbonyl (C=O) groups is 1. The Balaban J connectivity index is 0.00000176. The monoisotopic (exact) mass is 326 g/mol. The summed E-state index contributed by atoms with van der Waals surface area (Å²) in [4.78, 5) is 14.5. The number of ether oxygens (including phenoxy) is 2. The Kier molecular flexibility index (Phi) is 5.53. The zero-order valence-corrected chi connectivity index (χ0v) is 13.9. The number of hydrogen-bond acceptors (Lipinski definition) is 4. The summed E-state index contributed by atoms with van der Waals surface area (Å²) >= 11 is 0. The average Bonchev–Trinajstić information content (AvgIpc) is 3.06. The number of halogens is 1. The molecule has 5 nitrogen and oxygen atoms in total.